The molecular weight excluding hydrogens is 248 g/mol. The Morgan fingerprint density at radius 3 is 2.78 bits per heavy atom. The maximum absolute atomic E-state index is 11.5. The molecule has 0 fully saturated rings. The van der Waals surface area contributed by atoms with Crippen molar-refractivity contribution in [2.75, 3.05) is 5.75 Å². The zero-order chi connectivity index (χ0) is 13.8. The summed E-state index contributed by atoms with van der Waals surface area (Å²) in [4.78, 5) is 15.8. The average Bonchev–Trinajstić information content (AvgIpc) is 2.63. The molecule has 1 unspecified atom stereocenters. The molecule has 0 aromatic carbocycles. The number of aromatic nitrogens is 2. The molecule has 1 aromatic rings. The fourth-order valence-electron chi connectivity index (χ4n) is 1.74. The van der Waals surface area contributed by atoms with Gasteiger partial charge in [-0.25, -0.2) is 4.98 Å². The van der Waals surface area contributed by atoms with E-state index in [9.17, 15) is 4.79 Å². The molecule has 0 aliphatic heterocycles. The summed E-state index contributed by atoms with van der Waals surface area (Å²) in [5.74, 6) is 0.487. The number of thioether (sulfide) groups is 1. The predicted octanol–water partition coefficient (Wildman–Crippen LogP) is 1.14. The number of imidazole rings is 1. The third-order valence-corrected chi connectivity index (χ3v) is 3.82. The highest BCUT2D eigenvalue weighted by atomic mass is 32.2. The second-order valence-corrected chi connectivity index (χ2v) is 5.98. The number of carbonyl (C=O) groups excluding carboxylic acids is 1. The Balaban J connectivity index is 2.53. The summed E-state index contributed by atoms with van der Waals surface area (Å²) in [6.07, 6.45) is 4.35. The molecule has 0 saturated heterocycles. The monoisotopic (exact) mass is 270 g/mol. The largest absolute Gasteiger partial charge is 0.368 e. The topological polar surface area (TPSA) is 72.9 Å². The van der Waals surface area contributed by atoms with Crippen molar-refractivity contribution in [2.45, 2.75) is 43.9 Å². The highest BCUT2D eigenvalue weighted by Gasteiger charge is 2.30. The van der Waals surface area contributed by atoms with Gasteiger partial charge in [0.1, 0.15) is 0 Å². The van der Waals surface area contributed by atoms with E-state index in [0.717, 1.165) is 10.9 Å². The first-order valence-electron chi connectivity index (χ1n) is 6.03. The van der Waals surface area contributed by atoms with Crippen LogP contribution in [0.2, 0.25) is 0 Å². The summed E-state index contributed by atoms with van der Waals surface area (Å²) in [5, 5.41) is 4.19. The Hall–Kier alpha value is -1.01. The van der Waals surface area contributed by atoms with E-state index < -0.39 is 5.54 Å². The number of hydrogen-bond acceptors (Lipinski definition) is 4. The van der Waals surface area contributed by atoms with Gasteiger partial charge in [0.05, 0.1) is 5.54 Å². The molecule has 0 saturated carbocycles. The number of nitrogens with zero attached hydrogens (tertiary/aromatic N) is 2. The quantitative estimate of drug-likeness (QED) is 0.729. The van der Waals surface area contributed by atoms with Crippen LogP contribution in [0.3, 0.4) is 0 Å². The van der Waals surface area contributed by atoms with Crippen LogP contribution in [0.4, 0.5) is 0 Å². The van der Waals surface area contributed by atoms with Gasteiger partial charge in [0, 0.05) is 31.2 Å². The van der Waals surface area contributed by atoms with Crippen LogP contribution in [0, 0.1) is 0 Å². The van der Waals surface area contributed by atoms with Gasteiger partial charge < -0.3 is 15.6 Å². The molecule has 5 nitrogen and oxygen atoms in total. The number of rotatable bonds is 7. The summed E-state index contributed by atoms with van der Waals surface area (Å²) in [6.45, 7) is 5.87. The standard InChI is InChI=1S/C12H22N4OS/c1-9(2)15-12(3,10(13)17)5-8-18-11-14-6-7-16(11)4/h6-7,9,15H,5,8H2,1-4H3,(H2,13,17). The lowest BCUT2D eigenvalue weighted by Gasteiger charge is -2.29. The van der Waals surface area contributed by atoms with Crippen molar-refractivity contribution >= 4 is 17.7 Å². The van der Waals surface area contributed by atoms with Crippen molar-refractivity contribution in [3.8, 4) is 0 Å². The number of aryl methyl sites for hydroxylation is 1. The van der Waals surface area contributed by atoms with Crippen LogP contribution in [0.5, 0.6) is 0 Å². The Labute approximate surface area is 113 Å². The lowest BCUT2D eigenvalue weighted by molar-refractivity contribution is -0.124. The van der Waals surface area contributed by atoms with E-state index in [2.05, 4.69) is 10.3 Å². The van der Waals surface area contributed by atoms with E-state index in [1.54, 1.807) is 18.0 Å². The molecule has 0 radical (unpaired) electrons. The van der Waals surface area contributed by atoms with Gasteiger partial charge in [-0.05, 0) is 27.2 Å². The molecule has 0 aliphatic rings. The Bertz CT molecular complexity index is 405. The summed E-state index contributed by atoms with van der Waals surface area (Å²) in [5.41, 5.74) is 4.82. The lowest BCUT2D eigenvalue weighted by Crippen LogP contribution is -2.55. The summed E-state index contributed by atoms with van der Waals surface area (Å²) in [6, 6.07) is 0.223. The van der Waals surface area contributed by atoms with Crippen LogP contribution in [-0.2, 0) is 11.8 Å². The van der Waals surface area contributed by atoms with Crippen LogP contribution in [0.25, 0.3) is 0 Å². The maximum atomic E-state index is 11.5. The molecule has 1 amide bonds. The number of primary amides is 1. The van der Waals surface area contributed by atoms with E-state index in [1.807, 2.05) is 38.6 Å². The number of nitrogens with two attached hydrogens (primary N) is 1. The molecule has 102 valence electrons. The number of hydrogen-bond donors (Lipinski definition) is 2. The van der Waals surface area contributed by atoms with Gasteiger partial charge in [0.25, 0.3) is 0 Å². The van der Waals surface area contributed by atoms with E-state index in [1.165, 1.54) is 0 Å². The minimum Gasteiger partial charge on any atom is -0.368 e. The first kappa shape index (κ1) is 15.0. The SMILES string of the molecule is CC(C)NC(C)(CCSc1nccn1C)C(N)=O. The van der Waals surface area contributed by atoms with Crippen molar-refractivity contribution in [3.05, 3.63) is 12.4 Å². The minimum absolute atomic E-state index is 0.223. The van der Waals surface area contributed by atoms with E-state index in [0.29, 0.717) is 6.42 Å². The molecule has 1 heterocycles. The van der Waals surface area contributed by atoms with Crippen LogP contribution >= 0.6 is 11.8 Å². The Morgan fingerprint density at radius 1 is 1.67 bits per heavy atom. The van der Waals surface area contributed by atoms with Crippen LogP contribution in [0.15, 0.2) is 17.6 Å². The normalized spacial score (nSPS) is 14.7. The van der Waals surface area contributed by atoms with Gasteiger partial charge in [0.15, 0.2) is 5.16 Å². The molecule has 3 N–H and O–H groups in total. The molecule has 1 aromatic heterocycles. The van der Waals surface area contributed by atoms with E-state index >= 15 is 0 Å². The van der Waals surface area contributed by atoms with Gasteiger partial charge >= 0.3 is 0 Å². The highest BCUT2D eigenvalue weighted by Crippen LogP contribution is 2.20. The van der Waals surface area contributed by atoms with E-state index in [4.69, 9.17) is 5.73 Å². The third-order valence-electron chi connectivity index (χ3n) is 2.76. The van der Waals surface area contributed by atoms with Crippen molar-refractivity contribution in [1.82, 2.24) is 14.9 Å². The molecule has 1 atom stereocenters. The van der Waals surface area contributed by atoms with Crippen LogP contribution in [-0.4, -0.2) is 32.8 Å². The van der Waals surface area contributed by atoms with Crippen molar-refractivity contribution in [2.24, 2.45) is 12.8 Å². The molecule has 1 rings (SSSR count). The highest BCUT2D eigenvalue weighted by molar-refractivity contribution is 7.99. The van der Waals surface area contributed by atoms with Gasteiger partial charge in [0.2, 0.25) is 5.91 Å². The number of nitrogens with one attached hydrogen (secondary N) is 1. The van der Waals surface area contributed by atoms with Gasteiger partial charge in [-0.3, -0.25) is 4.79 Å². The van der Waals surface area contributed by atoms with Gasteiger partial charge in [-0.2, -0.15) is 0 Å². The fourth-order valence-corrected chi connectivity index (χ4v) is 2.83. The third kappa shape index (κ3) is 4.03. The van der Waals surface area contributed by atoms with E-state index in [-0.39, 0.29) is 11.9 Å². The average molecular weight is 270 g/mol. The number of amides is 1. The van der Waals surface area contributed by atoms with Crippen LogP contribution in [0.1, 0.15) is 27.2 Å². The van der Waals surface area contributed by atoms with Crippen molar-refractivity contribution in [3.63, 3.8) is 0 Å². The first-order valence-corrected chi connectivity index (χ1v) is 7.01. The number of carbonyl (C=O) groups is 1. The fraction of sp³-hybridized carbons (Fsp3) is 0.667. The van der Waals surface area contributed by atoms with Crippen LogP contribution < -0.4 is 11.1 Å². The predicted molar refractivity (Wildman–Crippen MR) is 74.4 cm³/mol. The zero-order valence-electron chi connectivity index (χ0n) is 11.4. The molecule has 0 bridgehead atoms. The molecular formula is C12H22N4OS. The van der Waals surface area contributed by atoms with Crippen molar-refractivity contribution in [1.29, 1.82) is 0 Å². The maximum Gasteiger partial charge on any atom is 0.237 e. The molecule has 0 aliphatic carbocycles. The summed E-state index contributed by atoms with van der Waals surface area (Å²) >= 11 is 1.63. The second kappa shape index (κ2) is 6.24. The molecule has 6 heteroatoms. The van der Waals surface area contributed by atoms with Gasteiger partial charge in [-0.15, -0.1) is 0 Å². The Kier molecular flexibility index (Phi) is 5.22. The smallest absolute Gasteiger partial charge is 0.237 e. The first-order chi connectivity index (χ1) is 8.35. The Morgan fingerprint density at radius 2 is 2.33 bits per heavy atom. The molecule has 0 spiro atoms. The summed E-state index contributed by atoms with van der Waals surface area (Å²) < 4.78 is 1.96. The molecule has 18 heavy (non-hydrogen) atoms. The summed E-state index contributed by atoms with van der Waals surface area (Å²) in [7, 11) is 1.95. The minimum atomic E-state index is -0.660. The lowest BCUT2D eigenvalue weighted by atomic mass is 9.97. The van der Waals surface area contributed by atoms with Crippen molar-refractivity contribution < 1.29 is 4.79 Å². The van der Waals surface area contributed by atoms with Gasteiger partial charge in [-0.1, -0.05) is 11.8 Å². The second-order valence-electron chi connectivity index (χ2n) is 4.91. The zero-order valence-corrected chi connectivity index (χ0v) is 12.3.